The fraction of sp³-hybridized carbons (Fsp3) is 0.414. The zero-order chi connectivity index (χ0) is 23.2. The molecule has 34 heavy (non-hydrogen) atoms. The van der Waals surface area contributed by atoms with Gasteiger partial charge in [0.15, 0.2) is 18.4 Å². The number of carbonyl (C=O) groups excluding carboxylic acids is 1. The molecule has 0 bridgehead atoms. The van der Waals surface area contributed by atoms with E-state index in [0.717, 1.165) is 98.4 Å². The van der Waals surface area contributed by atoms with E-state index in [2.05, 4.69) is 0 Å². The molecule has 2 saturated heterocycles. The lowest BCUT2D eigenvalue weighted by atomic mass is 10.1. The highest BCUT2D eigenvalue weighted by Gasteiger charge is 2.23. The number of hydrogen-bond donors (Lipinski definition) is 0. The van der Waals surface area contributed by atoms with Crippen molar-refractivity contribution in [3.05, 3.63) is 70.8 Å². The fourth-order valence-electron chi connectivity index (χ4n) is 4.58. The second kappa shape index (κ2) is 11.0. The molecule has 0 N–H and O–H groups in total. The summed E-state index contributed by atoms with van der Waals surface area (Å²) in [6, 6.07) is 15.8. The van der Waals surface area contributed by atoms with Crippen molar-refractivity contribution in [2.24, 2.45) is 0 Å². The molecule has 0 radical (unpaired) electrons. The number of ether oxygens (including phenoxy) is 4. The summed E-state index contributed by atoms with van der Waals surface area (Å²) < 4.78 is 23.1. The summed E-state index contributed by atoms with van der Waals surface area (Å²) in [6.07, 6.45) is 11.6. The van der Waals surface area contributed by atoms with Gasteiger partial charge in [0.25, 0.3) is 0 Å². The molecule has 3 aliphatic rings. The van der Waals surface area contributed by atoms with Crippen LogP contribution in [0.1, 0.15) is 62.5 Å². The van der Waals surface area contributed by atoms with Gasteiger partial charge in [-0.25, -0.2) is 0 Å². The molecule has 5 heteroatoms. The van der Waals surface area contributed by atoms with Crippen molar-refractivity contribution in [3.8, 4) is 11.5 Å². The lowest BCUT2D eigenvalue weighted by molar-refractivity contribution is -0.111. The van der Waals surface area contributed by atoms with Gasteiger partial charge in [-0.3, -0.25) is 4.79 Å². The summed E-state index contributed by atoms with van der Waals surface area (Å²) in [5.74, 6) is 1.73. The molecular formula is C29H32O5. The predicted octanol–water partition coefficient (Wildman–Crippen LogP) is 6.33. The van der Waals surface area contributed by atoms with Crippen molar-refractivity contribution < 1.29 is 23.7 Å². The van der Waals surface area contributed by atoms with Gasteiger partial charge in [0.1, 0.15) is 11.5 Å². The quantitative estimate of drug-likeness (QED) is 0.472. The molecule has 1 saturated carbocycles. The van der Waals surface area contributed by atoms with Crippen LogP contribution in [0.2, 0.25) is 0 Å². The van der Waals surface area contributed by atoms with E-state index in [1.165, 1.54) is 0 Å². The fourth-order valence-corrected chi connectivity index (χ4v) is 4.58. The molecule has 1 aliphatic carbocycles. The number of allylic oxidation sites excluding steroid dienone is 2. The third kappa shape index (κ3) is 5.96. The molecule has 2 aromatic carbocycles. The SMILES string of the molecule is O=C1/C(=C/c2ccc(OC3CCCCO3)cc2)CC/C1=C\c1ccc(OC2CCCCO2)cc1. The van der Waals surface area contributed by atoms with E-state index in [0.29, 0.717) is 0 Å². The zero-order valence-electron chi connectivity index (χ0n) is 19.5. The van der Waals surface area contributed by atoms with Crippen LogP contribution in [-0.4, -0.2) is 31.6 Å². The second-order valence-electron chi connectivity index (χ2n) is 9.13. The normalized spacial score (nSPS) is 25.6. The number of hydrogen-bond acceptors (Lipinski definition) is 5. The molecule has 2 aromatic rings. The van der Waals surface area contributed by atoms with Crippen LogP contribution in [-0.2, 0) is 14.3 Å². The van der Waals surface area contributed by atoms with E-state index >= 15 is 0 Å². The highest BCUT2D eigenvalue weighted by molar-refractivity contribution is 6.15. The van der Waals surface area contributed by atoms with Crippen molar-refractivity contribution >= 4 is 17.9 Å². The van der Waals surface area contributed by atoms with E-state index in [1.807, 2.05) is 60.7 Å². The van der Waals surface area contributed by atoms with Crippen LogP contribution in [0.15, 0.2) is 59.7 Å². The maximum Gasteiger partial charge on any atom is 0.199 e. The molecule has 2 aliphatic heterocycles. The Balaban J connectivity index is 1.18. The van der Waals surface area contributed by atoms with Gasteiger partial charge >= 0.3 is 0 Å². The first kappa shape index (κ1) is 22.9. The Bertz CT molecular complexity index is 940. The van der Waals surface area contributed by atoms with Crippen molar-refractivity contribution in [2.45, 2.75) is 63.9 Å². The monoisotopic (exact) mass is 460 g/mol. The average molecular weight is 461 g/mol. The van der Waals surface area contributed by atoms with Gasteiger partial charge in [0, 0.05) is 24.0 Å². The molecule has 2 unspecified atom stereocenters. The summed E-state index contributed by atoms with van der Waals surface area (Å²) >= 11 is 0. The molecule has 0 aromatic heterocycles. The van der Waals surface area contributed by atoms with Crippen molar-refractivity contribution in [3.63, 3.8) is 0 Å². The van der Waals surface area contributed by atoms with Gasteiger partial charge in [0.05, 0.1) is 13.2 Å². The van der Waals surface area contributed by atoms with Gasteiger partial charge in [-0.05, 0) is 86.1 Å². The maximum atomic E-state index is 13.0. The van der Waals surface area contributed by atoms with Crippen molar-refractivity contribution in [1.29, 1.82) is 0 Å². The minimum atomic E-state index is -0.150. The van der Waals surface area contributed by atoms with Crippen LogP contribution in [0, 0.1) is 0 Å². The Morgan fingerprint density at radius 1 is 0.647 bits per heavy atom. The Morgan fingerprint density at radius 3 is 1.47 bits per heavy atom. The predicted molar refractivity (Wildman–Crippen MR) is 132 cm³/mol. The molecular weight excluding hydrogens is 428 g/mol. The Morgan fingerprint density at radius 2 is 1.09 bits per heavy atom. The Hall–Kier alpha value is -2.89. The molecule has 178 valence electrons. The molecule has 5 nitrogen and oxygen atoms in total. The zero-order valence-corrected chi connectivity index (χ0v) is 19.5. The third-order valence-corrected chi connectivity index (χ3v) is 6.50. The van der Waals surface area contributed by atoms with Gasteiger partial charge in [-0.1, -0.05) is 24.3 Å². The minimum absolute atomic E-state index is 0.131. The molecule has 2 atom stereocenters. The largest absolute Gasteiger partial charge is 0.465 e. The standard InChI is InChI=1S/C29H32O5/c30-29-23(19-21-7-13-25(14-8-21)33-27-5-1-3-17-31-27)11-12-24(29)20-22-9-15-26(16-10-22)34-28-6-2-4-18-32-28/h7-10,13-16,19-20,27-28H,1-6,11-12,17-18H2/b23-19+,24-20+. The van der Waals surface area contributed by atoms with Gasteiger partial charge in [-0.2, -0.15) is 0 Å². The molecule has 0 spiro atoms. The number of rotatable bonds is 6. The van der Waals surface area contributed by atoms with Crippen LogP contribution >= 0.6 is 0 Å². The first-order valence-electron chi connectivity index (χ1n) is 12.5. The lowest BCUT2D eigenvalue weighted by Crippen LogP contribution is -2.24. The van der Waals surface area contributed by atoms with Crippen LogP contribution in [0.4, 0.5) is 0 Å². The van der Waals surface area contributed by atoms with E-state index in [4.69, 9.17) is 18.9 Å². The highest BCUT2D eigenvalue weighted by Crippen LogP contribution is 2.30. The molecule has 2 heterocycles. The number of carbonyl (C=O) groups is 1. The highest BCUT2D eigenvalue weighted by atomic mass is 16.7. The first-order chi connectivity index (χ1) is 16.7. The summed E-state index contributed by atoms with van der Waals surface area (Å²) in [5, 5.41) is 0. The summed E-state index contributed by atoms with van der Waals surface area (Å²) in [5.41, 5.74) is 3.72. The van der Waals surface area contributed by atoms with Crippen LogP contribution in [0.5, 0.6) is 11.5 Å². The lowest BCUT2D eigenvalue weighted by Gasteiger charge is -2.23. The maximum absolute atomic E-state index is 13.0. The van der Waals surface area contributed by atoms with Crippen LogP contribution in [0.3, 0.4) is 0 Å². The smallest absolute Gasteiger partial charge is 0.199 e. The third-order valence-electron chi connectivity index (χ3n) is 6.50. The minimum Gasteiger partial charge on any atom is -0.465 e. The topological polar surface area (TPSA) is 54.0 Å². The number of Topliss-reactive ketones (excluding diaryl/α,β-unsaturated/α-hetero) is 1. The van der Waals surface area contributed by atoms with Crippen molar-refractivity contribution in [2.75, 3.05) is 13.2 Å². The van der Waals surface area contributed by atoms with Crippen LogP contribution < -0.4 is 9.47 Å². The molecule has 0 amide bonds. The second-order valence-corrected chi connectivity index (χ2v) is 9.13. The van der Waals surface area contributed by atoms with Crippen LogP contribution in [0.25, 0.3) is 12.2 Å². The summed E-state index contributed by atoms with van der Waals surface area (Å²) in [4.78, 5) is 13.0. The average Bonchev–Trinajstić information content (AvgIpc) is 3.21. The van der Waals surface area contributed by atoms with E-state index < -0.39 is 0 Å². The number of ketones is 1. The number of benzene rings is 2. The Kier molecular flexibility index (Phi) is 7.42. The van der Waals surface area contributed by atoms with Gasteiger partial charge in [-0.15, -0.1) is 0 Å². The first-order valence-corrected chi connectivity index (χ1v) is 12.5. The van der Waals surface area contributed by atoms with E-state index in [9.17, 15) is 4.79 Å². The van der Waals surface area contributed by atoms with Gasteiger partial charge < -0.3 is 18.9 Å². The molecule has 3 fully saturated rings. The molecule has 5 rings (SSSR count). The van der Waals surface area contributed by atoms with E-state index in [1.54, 1.807) is 0 Å². The van der Waals surface area contributed by atoms with E-state index in [-0.39, 0.29) is 18.4 Å². The van der Waals surface area contributed by atoms with Gasteiger partial charge in [0.2, 0.25) is 0 Å². The summed E-state index contributed by atoms with van der Waals surface area (Å²) in [7, 11) is 0. The van der Waals surface area contributed by atoms with Crippen molar-refractivity contribution in [1.82, 2.24) is 0 Å². The Labute approximate surface area is 201 Å². The summed E-state index contributed by atoms with van der Waals surface area (Å²) in [6.45, 7) is 1.53.